The maximum atomic E-state index is 12.8. The van der Waals surface area contributed by atoms with Crippen LogP contribution >= 0.6 is 15.9 Å². The zero-order chi connectivity index (χ0) is 9.30. The summed E-state index contributed by atoms with van der Waals surface area (Å²) in [4.78, 5) is 0. The van der Waals surface area contributed by atoms with Crippen molar-refractivity contribution < 1.29 is 14.6 Å². The van der Waals surface area contributed by atoms with E-state index in [4.69, 9.17) is 10.2 Å². The number of hydrogen-bond acceptors (Lipinski definition) is 2. The predicted molar refractivity (Wildman–Crippen MR) is 46.4 cm³/mol. The predicted octanol–water partition coefficient (Wildman–Crippen LogP) is 2.35. The summed E-state index contributed by atoms with van der Waals surface area (Å²) in [6, 6.07) is 2.62. The largest absolute Gasteiger partial charge is 0.505 e. The Balaban J connectivity index is 3.28. The molecule has 0 unspecified atom stereocenters. The number of hydrogen-bond donors (Lipinski definition) is 2. The van der Waals surface area contributed by atoms with Gasteiger partial charge in [0.1, 0.15) is 0 Å². The lowest BCUT2D eigenvalue weighted by molar-refractivity contribution is 0.193. The van der Waals surface area contributed by atoms with Crippen LogP contribution in [0.15, 0.2) is 16.6 Å². The average Bonchev–Trinajstić information content (AvgIpc) is 1.96. The van der Waals surface area contributed by atoms with Crippen LogP contribution in [0.25, 0.3) is 0 Å². The van der Waals surface area contributed by atoms with Crippen LogP contribution in [0.5, 0.6) is 5.75 Å². The molecule has 4 heteroatoms. The van der Waals surface area contributed by atoms with Crippen LogP contribution in [0.2, 0.25) is 0 Å². The van der Waals surface area contributed by atoms with Crippen LogP contribution in [0.4, 0.5) is 4.39 Å². The third kappa shape index (κ3) is 1.76. The van der Waals surface area contributed by atoms with Gasteiger partial charge in [-0.1, -0.05) is 15.9 Å². The molecular weight excluding hydrogens is 227 g/mol. The van der Waals surface area contributed by atoms with Crippen molar-refractivity contribution in [2.45, 2.75) is 13.0 Å². The Labute approximate surface area is 77.8 Å². The van der Waals surface area contributed by atoms with Gasteiger partial charge in [0.05, 0.1) is 6.10 Å². The first-order valence-electron chi connectivity index (χ1n) is 3.38. The highest BCUT2D eigenvalue weighted by Gasteiger charge is 2.12. The molecule has 0 radical (unpaired) electrons. The molecule has 0 heterocycles. The first kappa shape index (κ1) is 9.48. The second-order valence-corrected chi connectivity index (χ2v) is 3.42. The molecule has 2 N–H and O–H groups in total. The number of rotatable bonds is 1. The van der Waals surface area contributed by atoms with Crippen LogP contribution < -0.4 is 0 Å². The first-order valence-corrected chi connectivity index (χ1v) is 4.17. The Morgan fingerprint density at radius 3 is 2.58 bits per heavy atom. The molecule has 0 aliphatic heterocycles. The summed E-state index contributed by atoms with van der Waals surface area (Å²) < 4.78 is 13.3. The van der Waals surface area contributed by atoms with E-state index in [2.05, 4.69) is 15.9 Å². The molecule has 0 bridgehead atoms. The monoisotopic (exact) mass is 234 g/mol. The fraction of sp³-hybridized carbons (Fsp3) is 0.250. The molecule has 1 aromatic carbocycles. The molecule has 0 spiro atoms. The van der Waals surface area contributed by atoms with E-state index >= 15 is 0 Å². The highest BCUT2D eigenvalue weighted by Crippen LogP contribution is 2.30. The van der Waals surface area contributed by atoms with Gasteiger partial charge in [-0.3, -0.25) is 0 Å². The Hall–Kier alpha value is -0.610. The highest BCUT2D eigenvalue weighted by molar-refractivity contribution is 9.10. The van der Waals surface area contributed by atoms with E-state index in [1.165, 1.54) is 13.0 Å². The SMILES string of the molecule is C[C@@H](O)c1cc(Br)cc(F)c1O. The lowest BCUT2D eigenvalue weighted by atomic mass is 10.1. The minimum atomic E-state index is -0.878. The van der Waals surface area contributed by atoms with Crippen molar-refractivity contribution in [3.05, 3.63) is 28.0 Å². The van der Waals surface area contributed by atoms with Crippen molar-refractivity contribution in [2.24, 2.45) is 0 Å². The average molecular weight is 235 g/mol. The summed E-state index contributed by atoms with van der Waals surface area (Å²) >= 11 is 3.05. The van der Waals surface area contributed by atoms with Gasteiger partial charge >= 0.3 is 0 Å². The van der Waals surface area contributed by atoms with E-state index in [0.29, 0.717) is 4.47 Å². The minimum Gasteiger partial charge on any atom is -0.505 e. The fourth-order valence-corrected chi connectivity index (χ4v) is 1.35. The summed E-state index contributed by atoms with van der Waals surface area (Å²) in [7, 11) is 0. The van der Waals surface area contributed by atoms with E-state index in [1.807, 2.05) is 0 Å². The van der Waals surface area contributed by atoms with Crippen LogP contribution in [0.3, 0.4) is 0 Å². The topological polar surface area (TPSA) is 40.5 Å². The summed E-state index contributed by atoms with van der Waals surface area (Å²) in [5.74, 6) is -1.23. The van der Waals surface area contributed by atoms with Crippen LogP contribution in [-0.2, 0) is 0 Å². The van der Waals surface area contributed by atoms with Crippen molar-refractivity contribution >= 4 is 15.9 Å². The highest BCUT2D eigenvalue weighted by atomic mass is 79.9. The lowest BCUT2D eigenvalue weighted by Crippen LogP contribution is -1.93. The van der Waals surface area contributed by atoms with Gasteiger partial charge in [-0.05, 0) is 19.1 Å². The molecule has 0 saturated heterocycles. The van der Waals surface area contributed by atoms with Crippen molar-refractivity contribution in [1.82, 2.24) is 0 Å². The molecule has 0 fully saturated rings. The Morgan fingerprint density at radius 2 is 2.08 bits per heavy atom. The Kier molecular flexibility index (Phi) is 2.69. The van der Waals surface area contributed by atoms with E-state index in [-0.39, 0.29) is 5.56 Å². The molecule has 1 atom stereocenters. The van der Waals surface area contributed by atoms with Gasteiger partial charge in [0.25, 0.3) is 0 Å². The number of phenolic OH excluding ortho intramolecular Hbond substituents is 1. The van der Waals surface area contributed by atoms with E-state index in [1.54, 1.807) is 0 Å². The molecule has 0 saturated carbocycles. The van der Waals surface area contributed by atoms with Gasteiger partial charge in [0.2, 0.25) is 0 Å². The zero-order valence-electron chi connectivity index (χ0n) is 6.38. The molecule has 0 amide bonds. The normalized spacial score (nSPS) is 13.0. The summed E-state index contributed by atoms with van der Waals surface area (Å²) in [5.41, 5.74) is 0.182. The molecule has 0 aliphatic rings. The molecule has 0 aromatic heterocycles. The van der Waals surface area contributed by atoms with Gasteiger partial charge in [-0.2, -0.15) is 0 Å². The maximum Gasteiger partial charge on any atom is 0.166 e. The molecule has 12 heavy (non-hydrogen) atoms. The second kappa shape index (κ2) is 3.41. The van der Waals surface area contributed by atoms with Crippen molar-refractivity contribution in [3.8, 4) is 5.75 Å². The summed E-state index contributed by atoms with van der Waals surface area (Å²) in [6.07, 6.45) is -0.878. The first-order chi connectivity index (χ1) is 5.52. The van der Waals surface area contributed by atoms with Crippen molar-refractivity contribution in [2.75, 3.05) is 0 Å². The van der Waals surface area contributed by atoms with Crippen LogP contribution in [0.1, 0.15) is 18.6 Å². The maximum absolute atomic E-state index is 12.8. The van der Waals surface area contributed by atoms with Crippen LogP contribution in [-0.4, -0.2) is 10.2 Å². The minimum absolute atomic E-state index is 0.182. The number of benzene rings is 1. The molecule has 66 valence electrons. The standard InChI is InChI=1S/C8H8BrFO2/c1-4(11)6-2-5(9)3-7(10)8(6)12/h2-4,11-12H,1H3/t4-/m1/s1. The van der Waals surface area contributed by atoms with Gasteiger partial charge in [0, 0.05) is 10.0 Å². The quantitative estimate of drug-likeness (QED) is 0.784. The Morgan fingerprint density at radius 1 is 1.50 bits per heavy atom. The van der Waals surface area contributed by atoms with E-state index in [9.17, 15) is 4.39 Å². The molecule has 0 aliphatic carbocycles. The van der Waals surface area contributed by atoms with E-state index in [0.717, 1.165) is 6.07 Å². The molecule has 1 aromatic rings. The Bertz CT molecular complexity index is 299. The molecule has 2 nitrogen and oxygen atoms in total. The lowest BCUT2D eigenvalue weighted by Gasteiger charge is -2.08. The summed E-state index contributed by atoms with van der Waals surface area (Å²) in [6.45, 7) is 1.46. The number of halogens is 2. The number of aliphatic hydroxyl groups is 1. The van der Waals surface area contributed by atoms with Crippen molar-refractivity contribution in [3.63, 3.8) is 0 Å². The number of aliphatic hydroxyl groups excluding tert-OH is 1. The van der Waals surface area contributed by atoms with Crippen molar-refractivity contribution in [1.29, 1.82) is 0 Å². The fourth-order valence-electron chi connectivity index (χ4n) is 0.904. The number of aromatic hydroxyl groups is 1. The van der Waals surface area contributed by atoms with Gasteiger partial charge in [-0.15, -0.1) is 0 Å². The van der Waals surface area contributed by atoms with E-state index < -0.39 is 17.7 Å². The van der Waals surface area contributed by atoms with Gasteiger partial charge in [-0.25, -0.2) is 4.39 Å². The second-order valence-electron chi connectivity index (χ2n) is 2.50. The van der Waals surface area contributed by atoms with Gasteiger partial charge < -0.3 is 10.2 Å². The number of phenols is 1. The third-order valence-electron chi connectivity index (χ3n) is 1.51. The smallest absolute Gasteiger partial charge is 0.166 e. The summed E-state index contributed by atoms with van der Waals surface area (Å²) in [5, 5.41) is 18.2. The van der Waals surface area contributed by atoms with Crippen LogP contribution in [0, 0.1) is 5.82 Å². The molecular formula is C8H8BrFO2. The third-order valence-corrected chi connectivity index (χ3v) is 1.97. The molecule has 1 rings (SSSR count). The zero-order valence-corrected chi connectivity index (χ0v) is 7.97. The van der Waals surface area contributed by atoms with Gasteiger partial charge in [0.15, 0.2) is 11.6 Å².